The lowest BCUT2D eigenvalue weighted by Crippen LogP contribution is -2.39. The molecule has 0 aromatic carbocycles. The van der Waals surface area contributed by atoms with Crippen LogP contribution in [-0.4, -0.2) is 44.2 Å². The Labute approximate surface area is 72.9 Å². The molecule has 0 aliphatic carbocycles. The number of hydrogen-bond donors (Lipinski definition) is 2. The first kappa shape index (κ1) is 9.95. The Kier molecular flexibility index (Phi) is 3.09. The van der Waals surface area contributed by atoms with Gasteiger partial charge in [0, 0.05) is 12.3 Å². The highest BCUT2D eigenvalue weighted by Gasteiger charge is 2.25. The minimum atomic E-state index is -3.05. The molecule has 0 amide bonds. The van der Waals surface area contributed by atoms with Gasteiger partial charge in [0.25, 0.3) is 0 Å². The summed E-state index contributed by atoms with van der Waals surface area (Å²) in [6, 6.07) is -0.0280. The predicted molar refractivity (Wildman–Crippen MR) is 46.7 cm³/mol. The number of sulfone groups is 1. The Morgan fingerprint density at radius 2 is 2.33 bits per heavy atom. The normalized spacial score (nSPS) is 27.3. The Balaban J connectivity index is 2.42. The van der Waals surface area contributed by atoms with E-state index in [9.17, 15) is 13.5 Å². The molecule has 12 heavy (non-hydrogen) atoms. The second kappa shape index (κ2) is 3.72. The van der Waals surface area contributed by atoms with E-state index in [1.165, 1.54) is 0 Å². The summed E-state index contributed by atoms with van der Waals surface area (Å²) in [5.41, 5.74) is 0. The van der Waals surface area contributed by atoms with E-state index >= 15 is 0 Å². The SMILES string of the molecule is CS(=O)(=O)C[C@H](O)[C@H]1CCCN1. The zero-order valence-electron chi connectivity index (χ0n) is 7.16. The van der Waals surface area contributed by atoms with Gasteiger partial charge in [-0.2, -0.15) is 0 Å². The number of rotatable bonds is 3. The largest absolute Gasteiger partial charge is 0.390 e. The van der Waals surface area contributed by atoms with Gasteiger partial charge in [0.2, 0.25) is 0 Å². The molecule has 2 N–H and O–H groups in total. The van der Waals surface area contributed by atoms with Gasteiger partial charge in [-0.25, -0.2) is 8.42 Å². The van der Waals surface area contributed by atoms with E-state index in [2.05, 4.69) is 5.32 Å². The van der Waals surface area contributed by atoms with Crippen molar-refractivity contribution in [3.63, 3.8) is 0 Å². The Morgan fingerprint density at radius 3 is 2.75 bits per heavy atom. The van der Waals surface area contributed by atoms with Gasteiger partial charge >= 0.3 is 0 Å². The third-order valence-electron chi connectivity index (χ3n) is 2.04. The van der Waals surface area contributed by atoms with Gasteiger partial charge in [0.05, 0.1) is 11.9 Å². The maximum absolute atomic E-state index is 10.8. The number of hydrogen-bond acceptors (Lipinski definition) is 4. The average molecular weight is 193 g/mol. The third-order valence-corrected chi connectivity index (χ3v) is 2.98. The topological polar surface area (TPSA) is 66.4 Å². The van der Waals surface area contributed by atoms with Crippen molar-refractivity contribution in [2.75, 3.05) is 18.6 Å². The van der Waals surface area contributed by atoms with Gasteiger partial charge < -0.3 is 10.4 Å². The number of nitrogens with one attached hydrogen (secondary N) is 1. The molecule has 1 rings (SSSR count). The standard InChI is InChI=1S/C7H15NO3S/c1-12(10,11)5-7(9)6-3-2-4-8-6/h6-9H,2-5H2,1H3/t6-,7+/m1/s1. The van der Waals surface area contributed by atoms with Crippen molar-refractivity contribution in [1.82, 2.24) is 5.32 Å². The quantitative estimate of drug-likeness (QED) is 0.612. The molecular formula is C7H15NO3S. The molecule has 0 saturated carbocycles. The molecule has 0 bridgehead atoms. The van der Waals surface area contributed by atoms with Crippen molar-refractivity contribution in [3.05, 3.63) is 0 Å². The van der Waals surface area contributed by atoms with Crippen LogP contribution in [0.2, 0.25) is 0 Å². The summed E-state index contributed by atoms with van der Waals surface area (Å²) in [5, 5.41) is 12.5. The predicted octanol–water partition coefficient (Wildman–Crippen LogP) is -0.856. The van der Waals surface area contributed by atoms with Crippen LogP contribution in [0.25, 0.3) is 0 Å². The van der Waals surface area contributed by atoms with Crippen LogP contribution in [-0.2, 0) is 9.84 Å². The molecule has 1 aliphatic rings. The van der Waals surface area contributed by atoms with Crippen LogP contribution < -0.4 is 5.32 Å². The van der Waals surface area contributed by atoms with E-state index in [4.69, 9.17) is 0 Å². The summed E-state index contributed by atoms with van der Waals surface area (Å²) in [6.45, 7) is 0.880. The summed E-state index contributed by atoms with van der Waals surface area (Å²) in [7, 11) is -3.05. The monoisotopic (exact) mass is 193 g/mol. The molecule has 0 spiro atoms. The summed E-state index contributed by atoms with van der Waals surface area (Å²) in [6.07, 6.45) is 2.29. The van der Waals surface area contributed by atoms with Crippen LogP contribution in [0.3, 0.4) is 0 Å². The molecule has 2 atom stereocenters. The fraction of sp³-hybridized carbons (Fsp3) is 1.00. The van der Waals surface area contributed by atoms with E-state index in [0.29, 0.717) is 0 Å². The van der Waals surface area contributed by atoms with Crippen LogP contribution >= 0.6 is 0 Å². The molecule has 0 radical (unpaired) electrons. The highest BCUT2D eigenvalue weighted by molar-refractivity contribution is 7.90. The van der Waals surface area contributed by atoms with Crippen molar-refractivity contribution in [2.45, 2.75) is 25.0 Å². The van der Waals surface area contributed by atoms with Gasteiger partial charge in [0.1, 0.15) is 9.84 Å². The summed E-state index contributed by atoms with van der Waals surface area (Å²) in [4.78, 5) is 0. The number of aliphatic hydroxyl groups is 1. The molecule has 0 aromatic heterocycles. The average Bonchev–Trinajstić information content (AvgIpc) is 2.32. The molecule has 1 saturated heterocycles. The third kappa shape index (κ3) is 3.08. The van der Waals surface area contributed by atoms with E-state index in [1.54, 1.807) is 0 Å². The zero-order valence-corrected chi connectivity index (χ0v) is 7.97. The van der Waals surface area contributed by atoms with Gasteiger partial charge in [0.15, 0.2) is 0 Å². The second-order valence-electron chi connectivity index (χ2n) is 3.36. The van der Waals surface area contributed by atoms with Crippen LogP contribution in [0.5, 0.6) is 0 Å². The van der Waals surface area contributed by atoms with Gasteiger partial charge in [-0.15, -0.1) is 0 Å². The van der Waals surface area contributed by atoms with E-state index in [0.717, 1.165) is 25.6 Å². The van der Waals surface area contributed by atoms with E-state index in [1.807, 2.05) is 0 Å². The fourth-order valence-corrected chi connectivity index (χ4v) is 2.32. The van der Waals surface area contributed by atoms with Crippen LogP contribution in [0.1, 0.15) is 12.8 Å². The molecular weight excluding hydrogens is 178 g/mol. The minimum Gasteiger partial charge on any atom is -0.390 e. The maximum Gasteiger partial charge on any atom is 0.150 e. The van der Waals surface area contributed by atoms with E-state index < -0.39 is 15.9 Å². The highest BCUT2D eigenvalue weighted by atomic mass is 32.2. The minimum absolute atomic E-state index is 0.0280. The first-order chi connectivity index (χ1) is 5.49. The molecule has 0 unspecified atom stereocenters. The lowest BCUT2D eigenvalue weighted by atomic mass is 10.1. The molecule has 1 fully saturated rings. The lowest BCUT2D eigenvalue weighted by Gasteiger charge is -2.16. The van der Waals surface area contributed by atoms with Crippen LogP contribution in [0, 0.1) is 0 Å². The maximum atomic E-state index is 10.8. The van der Waals surface area contributed by atoms with Crippen molar-refractivity contribution < 1.29 is 13.5 Å². The van der Waals surface area contributed by atoms with Gasteiger partial charge in [-0.3, -0.25) is 0 Å². The smallest absolute Gasteiger partial charge is 0.150 e. The van der Waals surface area contributed by atoms with Crippen molar-refractivity contribution in [1.29, 1.82) is 0 Å². The Bertz CT molecular complexity index is 231. The van der Waals surface area contributed by atoms with Crippen molar-refractivity contribution in [2.24, 2.45) is 0 Å². The van der Waals surface area contributed by atoms with Crippen molar-refractivity contribution >= 4 is 9.84 Å². The summed E-state index contributed by atoms with van der Waals surface area (Å²) in [5.74, 6) is -0.134. The molecule has 5 heteroatoms. The fourth-order valence-electron chi connectivity index (χ4n) is 1.47. The second-order valence-corrected chi connectivity index (χ2v) is 5.55. The first-order valence-corrected chi connectivity index (χ1v) is 6.14. The first-order valence-electron chi connectivity index (χ1n) is 4.08. The highest BCUT2D eigenvalue weighted by Crippen LogP contribution is 2.10. The Hall–Kier alpha value is -0.130. The van der Waals surface area contributed by atoms with Gasteiger partial charge in [-0.1, -0.05) is 0 Å². The summed E-state index contributed by atoms with van der Waals surface area (Å²) < 4.78 is 21.6. The molecule has 1 heterocycles. The van der Waals surface area contributed by atoms with Crippen LogP contribution in [0.15, 0.2) is 0 Å². The molecule has 0 aromatic rings. The van der Waals surface area contributed by atoms with Crippen molar-refractivity contribution in [3.8, 4) is 0 Å². The number of aliphatic hydroxyl groups excluding tert-OH is 1. The zero-order chi connectivity index (χ0) is 9.19. The van der Waals surface area contributed by atoms with Crippen LogP contribution in [0.4, 0.5) is 0 Å². The molecule has 4 nitrogen and oxygen atoms in total. The molecule has 1 aliphatic heterocycles. The molecule has 72 valence electrons. The van der Waals surface area contributed by atoms with E-state index in [-0.39, 0.29) is 11.8 Å². The lowest BCUT2D eigenvalue weighted by molar-refractivity contribution is 0.157. The summed E-state index contributed by atoms with van der Waals surface area (Å²) >= 11 is 0. The Morgan fingerprint density at radius 1 is 1.67 bits per heavy atom. The van der Waals surface area contributed by atoms with Gasteiger partial charge in [-0.05, 0) is 19.4 Å².